The van der Waals surface area contributed by atoms with Gasteiger partial charge < -0.3 is 10.6 Å². The second-order valence-corrected chi connectivity index (χ2v) is 4.14. The minimum absolute atomic E-state index is 0.694. The van der Waals surface area contributed by atoms with Crippen LogP contribution in [0.4, 0.5) is 0 Å². The summed E-state index contributed by atoms with van der Waals surface area (Å²) in [5.74, 6) is 0. The highest BCUT2D eigenvalue weighted by molar-refractivity contribution is 4.74. The highest BCUT2D eigenvalue weighted by atomic mass is 15.2. The predicted octanol–water partition coefficient (Wildman–Crippen LogP) is 0.361. The largest absolute Gasteiger partial charge is 0.330 e. The minimum atomic E-state index is 0.694. The maximum atomic E-state index is 5.52. The minimum Gasteiger partial charge on any atom is -0.330 e. The number of rotatable bonds is 3. The molecule has 0 aromatic heterocycles. The molecule has 3 heteroatoms. The van der Waals surface area contributed by atoms with E-state index in [9.17, 15) is 0 Å². The molecule has 0 aromatic rings. The van der Waals surface area contributed by atoms with Gasteiger partial charge in [-0.05, 0) is 53.0 Å². The second-order valence-electron chi connectivity index (χ2n) is 4.14. The molecule has 0 bridgehead atoms. The number of likely N-dealkylation sites (N-methyl/N-ethyl adjacent to an activating group) is 1. The summed E-state index contributed by atoms with van der Waals surface area (Å²) in [6.45, 7) is 7.99. The Bertz CT molecular complexity index is 136. The van der Waals surface area contributed by atoms with Crippen LogP contribution in [-0.2, 0) is 0 Å². The molecule has 78 valence electrons. The molecule has 13 heavy (non-hydrogen) atoms. The van der Waals surface area contributed by atoms with E-state index in [2.05, 4.69) is 23.8 Å². The Morgan fingerprint density at radius 1 is 1.38 bits per heavy atom. The van der Waals surface area contributed by atoms with E-state index in [-0.39, 0.29) is 0 Å². The summed E-state index contributed by atoms with van der Waals surface area (Å²) in [4.78, 5) is 4.99. The molecule has 1 aliphatic heterocycles. The fraction of sp³-hybridized carbons (Fsp3) is 1.00. The maximum absolute atomic E-state index is 5.52. The average Bonchev–Trinajstić information content (AvgIpc) is 2.24. The summed E-state index contributed by atoms with van der Waals surface area (Å²) >= 11 is 0. The van der Waals surface area contributed by atoms with Crippen LogP contribution in [0.2, 0.25) is 0 Å². The molecular formula is C10H23N3. The van der Waals surface area contributed by atoms with E-state index in [1.807, 2.05) is 0 Å². The lowest BCUT2D eigenvalue weighted by Crippen LogP contribution is -2.38. The first-order valence-corrected chi connectivity index (χ1v) is 5.36. The number of nitrogens with zero attached hydrogens (tertiary/aromatic N) is 2. The number of hydrogen-bond acceptors (Lipinski definition) is 3. The Balaban J connectivity index is 2.34. The van der Waals surface area contributed by atoms with Gasteiger partial charge >= 0.3 is 0 Å². The average molecular weight is 185 g/mol. The molecule has 1 rings (SSSR count). The van der Waals surface area contributed by atoms with Gasteiger partial charge in [-0.3, -0.25) is 4.90 Å². The monoisotopic (exact) mass is 185 g/mol. The van der Waals surface area contributed by atoms with Crippen molar-refractivity contribution in [1.29, 1.82) is 0 Å². The van der Waals surface area contributed by atoms with Crippen LogP contribution < -0.4 is 5.73 Å². The third-order valence-corrected chi connectivity index (χ3v) is 2.83. The van der Waals surface area contributed by atoms with Crippen molar-refractivity contribution in [1.82, 2.24) is 9.80 Å². The fourth-order valence-corrected chi connectivity index (χ4v) is 2.05. The van der Waals surface area contributed by atoms with Crippen LogP contribution in [0, 0.1) is 0 Å². The molecule has 1 aliphatic rings. The smallest absolute Gasteiger partial charge is 0.0194 e. The lowest BCUT2D eigenvalue weighted by Gasteiger charge is -2.27. The summed E-state index contributed by atoms with van der Waals surface area (Å²) in [5, 5.41) is 0. The van der Waals surface area contributed by atoms with E-state index in [4.69, 9.17) is 5.73 Å². The Kier molecular flexibility index (Phi) is 4.70. The molecule has 1 fully saturated rings. The van der Waals surface area contributed by atoms with Crippen LogP contribution in [0.15, 0.2) is 0 Å². The lowest BCUT2D eigenvalue weighted by molar-refractivity contribution is 0.201. The van der Waals surface area contributed by atoms with E-state index in [0.29, 0.717) is 6.04 Å². The molecule has 0 aromatic carbocycles. The van der Waals surface area contributed by atoms with Crippen molar-refractivity contribution < 1.29 is 0 Å². The molecule has 1 unspecified atom stereocenters. The standard InChI is InChI=1S/C10H23N3/c1-10-9-12(2)6-4-8-13(10)7-3-5-11/h10H,3-9,11H2,1-2H3. The zero-order valence-corrected chi connectivity index (χ0v) is 9.00. The summed E-state index contributed by atoms with van der Waals surface area (Å²) < 4.78 is 0. The van der Waals surface area contributed by atoms with Crippen LogP contribution in [-0.4, -0.2) is 55.6 Å². The van der Waals surface area contributed by atoms with Gasteiger partial charge in [0.05, 0.1) is 0 Å². The number of hydrogen-bond donors (Lipinski definition) is 1. The second kappa shape index (κ2) is 5.58. The van der Waals surface area contributed by atoms with Gasteiger partial charge in [0.25, 0.3) is 0 Å². The molecule has 1 atom stereocenters. The summed E-state index contributed by atoms with van der Waals surface area (Å²) in [6, 6.07) is 0.694. The van der Waals surface area contributed by atoms with E-state index < -0.39 is 0 Å². The molecule has 0 radical (unpaired) electrons. The highest BCUT2D eigenvalue weighted by Gasteiger charge is 2.18. The van der Waals surface area contributed by atoms with Gasteiger partial charge in [0.1, 0.15) is 0 Å². The van der Waals surface area contributed by atoms with Crippen molar-refractivity contribution in [2.24, 2.45) is 5.73 Å². The van der Waals surface area contributed by atoms with Gasteiger partial charge in [0.15, 0.2) is 0 Å². The third kappa shape index (κ3) is 3.63. The summed E-state index contributed by atoms with van der Waals surface area (Å²) in [6.07, 6.45) is 2.43. The normalized spacial score (nSPS) is 27.5. The zero-order chi connectivity index (χ0) is 9.68. The maximum Gasteiger partial charge on any atom is 0.0194 e. The molecule has 0 saturated carbocycles. The van der Waals surface area contributed by atoms with Gasteiger partial charge in [-0.15, -0.1) is 0 Å². The van der Waals surface area contributed by atoms with Crippen LogP contribution >= 0.6 is 0 Å². The van der Waals surface area contributed by atoms with E-state index in [0.717, 1.165) is 13.0 Å². The molecule has 3 nitrogen and oxygen atoms in total. The predicted molar refractivity (Wildman–Crippen MR) is 56.8 cm³/mol. The molecular weight excluding hydrogens is 162 g/mol. The fourth-order valence-electron chi connectivity index (χ4n) is 2.05. The topological polar surface area (TPSA) is 32.5 Å². The molecule has 0 amide bonds. The Labute approximate surface area is 81.9 Å². The first-order chi connectivity index (χ1) is 6.24. The van der Waals surface area contributed by atoms with Crippen molar-refractivity contribution in [3.63, 3.8) is 0 Å². The van der Waals surface area contributed by atoms with Crippen LogP contribution in [0.25, 0.3) is 0 Å². The van der Waals surface area contributed by atoms with Crippen LogP contribution in [0.1, 0.15) is 19.8 Å². The Hall–Kier alpha value is -0.120. The van der Waals surface area contributed by atoms with Gasteiger partial charge in [-0.1, -0.05) is 0 Å². The molecule has 2 N–H and O–H groups in total. The quantitative estimate of drug-likeness (QED) is 0.689. The highest BCUT2D eigenvalue weighted by Crippen LogP contribution is 2.08. The first-order valence-electron chi connectivity index (χ1n) is 5.36. The lowest BCUT2D eigenvalue weighted by atomic mass is 10.2. The van der Waals surface area contributed by atoms with Gasteiger partial charge in [-0.2, -0.15) is 0 Å². The van der Waals surface area contributed by atoms with E-state index in [1.54, 1.807) is 0 Å². The third-order valence-electron chi connectivity index (χ3n) is 2.83. The summed E-state index contributed by atoms with van der Waals surface area (Å²) in [5.41, 5.74) is 5.52. The first kappa shape index (κ1) is 11.0. The van der Waals surface area contributed by atoms with Gasteiger partial charge in [0.2, 0.25) is 0 Å². The van der Waals surface area contributed by atoms with Crippen molar-refractivity contribution >= 4 is 0 Å². The SMILES string of the molecule is CC1CN(C)CCCN1CCCN. The van der Waals surface area contributed by atoms with E-state index in [1.165, 1.54) is 32.6 Å². The number of nitrogens with two attached hydrogens (primary N) is 1. The van der Waals surface area contributed by atoms with E-state index >= 15 is 0 Å². The van der Waals surface area contributed by atoms with Crippen LogP contribution in [0.5, 0.6) is 0 Å². The zero-order valence-electron chi connectivity index (χ0n) is 9.00. The molecule has 1 saturated heterocycles. The van der Waals surface area contributed by atoms with Crippen molar-refractivity contribution in [3.8, 4) is 0 Å². The van der Waals surface area contributed by atoms with Crippen LogP contribution in [0.3, 0.4) is 0 Å². The van der Waals surface area contributed by atoms with Gasteiger partial charge in [-0.25, -0.2) is 0 Å². The molecule has 1 heterocycles. The Morgan fingerprint density at radius 2 is 2.15 bits per heavy atom. The van der Waals surface area contributed by atoms with Crippen molar-refractivity contribution in [3.05, 3.63) is 0 Å². The molecule has 0 spiro atoms. The van der Waals surface area contributed by atoms with Gasteiger partial charge in [0, 0.05) is 12.6 Å². The Morgan fingerprint density at radius 3 is 2.85 bits per heavy atom. The summed E-state index contributed by atoms with van der Waals surface area (Å²) in [7, 11) is 2.21. The van der Waals surface area contributed by atoms with Crippen molar-refractivity contribution in [2.45, 2.75) is 25.8 Å². The molecule has 0 aliphatic carbocycles. The van der Waals surface area contributed by atoms with Crippen molar-refractivity contribution in [2.75, 3.05) is 39.8 Å².